The van der Waals surface area contributed by atoms with Crippen molar-refractivity contribution in [3.63, 3.8) is 0 Å². The van der Waals surface area contributed by atoms with Gasteiger partial charge in [0.05, 0.1) is 0 Å². The second kappa shape index (κ2) is 5.45. The SMILES string of the molecule is CC(=O)CCCCC(C)C. The lowest BCUT2D eigenvalue weighted by molar-refractivity contribution is -0.117. The number of carbonyl (C=O) groups is 1. The highest BCUT2D eigenvalue weighted by atomic mass is 16.1. The molecule has 0 aromatic rings. The third kappa shape index (κ3) is 7.67. The van der Waals surface area contributed by atoms with E-state index in [2.05, 4.69) is 13.8 Å². The minimum absolute atomic E-state index is 0.323. The lowest BCUT2D eigenvalue weighted by Crippen LogP contribution is -1.91. The molecule has 1 heteroatoms. The monoisotopic (exact) mass is 142 g/mol. The van der Waals surface area contributed by atoms with Crippen molar-refractivity contribution in [2.45, 2.75) is 46.5 Å². The summed E-state index contributed by atoms with van der Waals surface area (Å²) in [7, 11) is 0. The molecular weight excluding hydrogens is 124 g/mol. The molecule has 0 aromatic heterocycles. The summed E-state index contributed by atoms with van der Waals surface area (Å²) in [5.41, 5.74) is 0. The smallest absolute Gasteiger partial charge is 0.129 e. The fourth-order valence-electron chi connectivity index (χ4n) is 0.927. The highest BCUT2D eigenvalue weighted by Gasteiger charge is 1.95. The predicted molar refractivity (Wildman–Crippen MR) is 44.0 cm³/mol. The summed E-state index contributed by atoms with van der Waals surface area (Å²) in [5.74, 6) is 1.11. The van der Waals surface area contributed by atoms with Crippen molar-refractivity contribution < 1.29 is 4.79 Å². The Balaban J connectivity index is 2.98. The molecule has 60 valence electrons. The zero-order valence-corrected chi connectivity index (χ0v) is 7.31. The standard InChI is InChI=1S/C9H18O/c1-8(2)6-4-5-7-9(3)10/h8H,4-7H2,1-3H3. The number of Topliss-reactive ketones (excluding diaryl/α,β-unsaturated/α-hetero) is 1. The van der Waals surface area contributed by atoms with Crippen molar-refractivity contribution in [3.05, 3.63) is 0 Å². The number of rotatable bonds is 5. The van der Waals surface area contributed by atoms with Gasteiger partial charge in [-0.3, -0.25) is 0 Å². The average molecular weight is 142 g/mol. The van der Waals surface area contributed by atoms with E-state index in [0.29, 0.717) is 5.78 Å². The molecule has 0 aromatic carbocycles. The van der Waals surface area contributed by atoms with Crippen LogP contribution in [0.2, 0.25) is 0 Å². The molecule has 1 nitrogen and oxygen atoms in total. The second-order valence-corrected chi connectivity index (χ2v) is 3.34. The van der Waals surface area contributed by atoms with Gasteiger partial charge < -0.3 is 4.79 Å². The van der Waals surface area contributed by atoms with Gasteiger partial charge in [0.25, 0.3) is 0 Å². The van der Waals surface area contributed by atoms with E-state index < -0.39 is 0 Å². The summed E-state index contributed by atoms with van der Waals surface area (Å²) < 4.78 is 0. The van der Waals surface area contributed by atoms with Gasteiger partial charge >= 0.3 is 0 Å². The summed E-state index contributed by atoms with van der Waals surface area (Å²) in [6.45, 7) is 6.09. The van der Waals surface area contributed by atoms with Gasteiger partial charge in [0.1, 0.15) is 5.78 Å². The molecule has 0 aliphatic carbocycles. The van der Waals surface area contributed by atoms with Crippen molar-refractivity contribution >= 4 is 5.78 Å². The van der Waals surface area contributed by atoms with E-state index in [1.165, 1.54) is 12.8 Å². The topological polar surface area (TPSA) is 17.1 Å². The van der Waals surface area contributed by atoms with Gasteiger partial charge in [-0.05, 0) is 19.3 Å². The summed E-state index contributed by atoms with van der Waals surface area (Å²) in [6.07, 6.45) is 4.31. The number of carbonyl (C=O) groups excluding carboxylic acids is 1. The van der Waals surface area contributed by atoms with Crippen molar-refractivity contribution in [1.82, 2.24) is 0 Å². The third-order valence-corrected chi connectivity index (χ3v) is 1.56. The first kappa shape index (κ1) is 9.67. The Morgan fingerprint density at radius 3 is 2.30 bits per heavy atom. The molecule has 0 aliphatic rings. The summed E-state index contributed by atoms with van der Waals surface area (Å²) in [5, 5.41) is 0. The van der Waals surface area contributed by atoms with Gasteiger partial charge in [-0.25, -0.2) is 0 Å². The van der Waals surface area contributed by atoms with E-state index >= 15 is 0 Å². The zero-order valence-electron chi connectivity index (χ0n) is 7.31. The average Bonchev–Trinajstić information content (AvgIpc) is 1.79. The number of ketones is 1. The van der Waals surface area contributed by atoms with Gasteiger partial charge in [0, 0.05) is 6.42 Å². The van der Waals surface area contributed by atoms with Crippen LogP contribution in [-0.4, -0.2) is 5.78 Å². The predicted octanol–water partition coefficient (Wildman–Crippen LogP) is 2.79. The molecule has 0 N–H and O–H groups in total. The van der Waals surface area contributed by atoms with Crippen molar-refractivity contribution in [2.24, 2.45) is 5.92 Å². The van der Waals surface area contributed by atoms with Crippen molar-refractivity contribution in [2.75, 3.05) is 0 Å². The normalized spacial score (nSPS) is 10.4. The van der Waals surface area contributed by atoms with Crippen LogP contribution in [0.1, 0.15) is 46.5 Å². The molecule has 0 aliphatic heterocycles. The Morgan fingerprint density at radius 2 is 1.90 bits per heavy atom. The quantitative estimate of drug-likeness (QED) is 0.539. The molecule has 0 radical (unpaired) electrons. The summed E-state index contributed by atoms with van der Waals surface area (Å²) in [6, 6.07) is 0. The Labute approximate surface area is 63.8 Å². The Morgan fingerprint density at radius 1 is 1.30 bits per heavy atom. The molecular formula is C9H18O. The molecule has 0 saturated carbocycles. The van der Waals surface area contributed by atoms with Crippen LogP contribution >= 0.6 is 0 Å². The maximum Gasteiger partial charge on any atom is 0.129 e. The second-order valence-electron chi connectivity index (χ2n) is 3.34. The van der Waals surface area contributed by atoms with Gasteiger partial charge in [-0.15, -0.1) is 0 Å². The molecule has 0 rings (SSSR count). The van der Waals surface area contributed by atoms with Gasteiger partial charge in [-0.2, -0.15) is 0 Å². The van der Waals surface area contributed by atoms with Crippen LogP contribution in [-0.2, 0) is 4.79 Å². The highest BCUT2D eigenvalue weighted by Crippen LogP contribution is 2.07. The fraction of sp³-hybridized carbons (Fsp3) is 0.889. The Bertz CT molecular complexity index is 94.9. The van der Waals surface area contributed by atoms with E-state index in [-0.39, 0.29) is 0 Å². The highest BCUT2D eigenvalue weighted by molar-refractivity contribution is 5.75. The molecule has 0 fully saturated rings. The van der Waals surface area contributed by atoms with Crippen molar-refractivity contribution in [3.8, 4) is 0 Å². The molecule has 0 atom stereocenters. The number of unbranched alkanes of at least 4 members (excludes halogenated alkanes) is 1. The van der Waals surface area contributed by atoms with Crippen LogP contribution in [0.4, 0.5) is 0 Å². The van der Waals surface area contributed by atoms with Crippen LogP contribution in [0, 0.1) is 5.92 Å². The zero-order chi connectivity index (χ0) is 7.98. The van der Waals surface area contributed by atoms with Crippen LogP contribution < -0.4 is 0 Å². The third-order valence-electron chi connectivity index (χ3n) is 1.56. The van der Waals surface area contributed by atoms with Crippen LogP contribution in [0.3, 0.4) is 0 Å². The lowest BCUT2D eigenvalue weighted by atomic mass is 10.0. The van der Waals surface area contributed by atoms with Gasteiger partial charge in [-0.1, -0.05) is 26.7 Å². The molecule has 0 unspecified atom stereocenters. The van der Waals surface area contributed by atoms with E-state index in [4.69, 9.17) is 0 Å². The van der Waals surface area contributed by atoms with Gasteiger partial charge in [0.15, 0.2) is 0 Å². The maximum atomic E-state index is 10.5. The molecule has 0 heterocycles. The van der Waals surface area contributed by atoms with Gasteiger partial charge in [0.2, 0.25) is 0 Å². The minimum atomic E-state index is 0.323. The van der Waals surface area contributed by atoms with Crippen LogP contribution in [0.25, 0.3) is 0 Å². The molecule has 0 amide bonds. The van der Waals surface area contributed by atoms with E-state index in [9.17, 15) is 4.79 Å². The minimum Gasteiger partial charge on any atom is -0.300 e. The van der Waals surface area contributed by atoms with Crippen LogP contribution in [0.15, 0.2) is 0 Å². The summed E-state index contributed by atoms with van der Waals surface area (Å²) >= 11 is 0. The fourth-order valence-corrected chi connectivity index (χ4v) is 0.927. The molecule has 10 heavy (non-hydrogen) atoms. The first-order valence-corrected chi connectivity index (χ1v) is 4.12. The molecule has 0 spiro atoms. The largest absolute Gasteiger partial charge is 0.300 e. The number of hydrogen-bond acceptors (Lipinski definition) is 1. The Kier molecular flexibility index (Phi) is 5.27. The molecule has 0 bridgehead atoms. The van der Waals surface area contributed by atoms with E-state index in [1.54, 1.807) is 6.92 Å². The van der Waals surface area contributed by atoms with E-state index in [1.807, 2.05) is 0 Å². The molecule has 0 saturated heterocycles. The first-order chi connectivity index (χ1) is 4.63. The maximum absolute atomic E-state index is 10.5. The lowest BCUT2D eigenvalue weighted by Gasteiger charge is -2.01. The Hall–Kier alpha value is -0.330. The van der Waals surface area contributed by atoms with E-state index in [0.717, 1.165) is 18.8 Å². The first-order valence-electron chi connectivity index (χ1n) is 4.12. The summed E-state index contributed by atoms with van der Waals surface area (Å²) in [4.78, 5) is 10.5. The van der Waals surface area contributed by atoms with Crippen molar-refractivity contribution in [1.29, 1.82) is 0 Å². The number of hydrogen-bond donors (Lipinski definition) is 0. The van der Waals surface area contributed by atoms with Crippen LogP contribution in [0.5, 0.6) is 0 Å².